The van der Waals surface area contributed by atoms with Crippen LogP contribution in [0.3, 0.4) is 0 Å². The molecule has 0 bridgehead atoms. The maximum absolute atomic E-state index is 9.61. The van der Waals surface area contributed by atoms with Crippen molar-refractivity contribution in [1.82, 2.24) is 19.1 Å². The maximum atomic E-state index is 9.61. The van der Waals surface area contributed by atoms with Gasteiger partial charge in [0.25, 0.3) is 0 Å². The highest BCUT2D eigenvalue weighted by atomic mass is 35.5. The Labute approximate surface area is 329 Å². The minimum atomic E-state index is 0.237. The summed E-state index contributed by atoms with van der Waals surface area (Å²) >= 11 is 12.9. The summed E-state index contributed by atoms with van der Waals surface area (Å²) < 4.78 is 9.66. The number of methoxy groups -OCH3 is 1. The summed E-state index contributed by atoms with van der Waals surface area (Å²) in [5.41, 5.74) is 21.6. The van der Waals surface area contributed by atoms with Crippen molar-refractivity contribution in [3.63, 3.8) is 0 Å². The van der Waals surface area contributed by atoms with Crippen LogP contribution < -0.4 is 16.2 Å². The van der Waals surface area contributed by atoms with E-state index in [0.29, 0.717) is 34.8 Å². The summed E-state index contributed by atoms with van der Waals surface area (Å²) in [6.07, 6.45) is 0. The number of benzene rings is 4. The van der Waals surface area contributed by atoms with Crippen LogP contribution in [0.5, 0.6) is 11.5 Å². The first-order chi connectivity index (χ1) is 26.8. The molecule has 10 heteroatoms. The third-order valence-electron chi connectivity index (χ3n) is 9.11. The van der Waals surface area contributed by atoms with Crippen LogP contribution in [0.25, 0.3) is 45.0 Å². The molecule has 4 heterocycles. The van der Waals surface area contributed by atoms with E-state index in [9.17, 15) is 5.11 Å². The predicted molar refractivity (Wildman–Crippen MR) is 224 cm³/mol. The first-order valence-electron chi connectivity index (χ1n) is 17.5. The van der Waals surface area contributed by atoms with Crippen LogP contribution in [-0.2, 0) is 13.1 Å². The number of nitrogen functional groups attached to an aromatic ring is 2. The van der Waals surface area contributed by atoms with E-state index in [1.54, 1.807) is 31.4 Å². The van der Waals surface area contributed by atoms with Gasteiger partial charge in [-0.15, -0.1) is 0 Å². The SMILES string of the molecule is COc1ccc(-c2ccc(-c3ccccc3Cl)n2Cc2cccc(N)n2)cc1.Nc1cccc(Cn2c(-c3ccc(O)cc3)ccc2-c2ccccc2Cl)n1. The molecule has 0 spiro atoms. The number of phenols is 1. The fourth-order valence-corrected chi connectivity index (χ4v) is 6.94. The molecule has 5 N–H and O–H groups in total. The molecular formula is C45H38Cl2N6O2. The predicted octanol–water partition coefficient (Wildman–Crippen LogP) is 10.7. The zero-order valence-electron chi connectivity index (χ0n) is 30.0. The van der Waals surface area contributed by atoms with Gasteiger partial charge in [-0.25, -0.2) is 9.97 Å². The number of phenolic OH excluding ortho intramolecular Hbond substituents is 1. The van der Waals surface area contributed by atoms with Crippen molar-refractivity contribution in [2.45, 2.75) is 13.1 Å². The van der Waals surface area contributed by atoms with Crippen molar-refractivity contribution in [3.05, 3.63) is 179 Å². The van der Waals surface area contributed by atoms with E-state index >= 15 is 0 Å². The second kappa shape index (κ2) is 16.7. The van der Waals surface area contributed by atoms with Crippen molar-refractivity contribution in [1.29, 1.82) is 0 Å². The molecule has 55 heavy (non-hydrogen) atoms. The van der Waals surface area contributed by atoms with Gasteiger partial charge in [-0.1, -0.05) is 71.7 Å². The highest BCUT2D eigenvalue weighted by Crippen LogP contribution is 2.36. The fourth-order valence-electron chi connectivity index (χ4n) is 6.48. The zero-order chi connectivity index (χ0) is 38.3. The first-order valence-corrected chi connectivity index (χ1v) is 18.3. The van der Waals surface area contributed by atoms with Gasteiger partial charge >= 0.3 is 0 Å². The highest BCUT2D eigenvalue weighted by Gasteiger charge is 2.17. The topological polar surface area (TPSA) is 117 Å². The molecule has 8 aromatic rings. The molecule has 0 radical (unpaired) electrons. The van der Waals surface area contributed by atoms with E-state index in [1.807, 2.05) is 109 Å². The van der Waals surface area contributed by atoms with Gasteiger partial charge in [-0.05, 0) is 120 Å². The lowest BCUT2D eigenvalue weighted by atomic mass is 10.1. The fraction of sp³-hybridized carbons (Fsp3) is 0.0667. The number of hydrogen-bond acceptors (Lipinski definition) is 6. The largest absolute Gasteiger partial charge is 0.508 e. The van der Waals surface area contributed by atoms with Crippen molar-refractivity contribution < 1.29 is 9.84 Å². The van der Waals surface area contributed by atoms with Crippen LogP contribution in [0.2, 0.25) is 10.0 Å². The van der Waals surface area contributed by atoms with Gasteiger partial charge in [0.05, 0.1) is 43.0 Å². The van der Waals surface area contributed by atoms with Crippen molar-refractivity contribution in [2.24, 2.45) is 0 Å². The van der Waals surface area contributed by atoms with Crippen LogP contribution in [-0.4, -0.2) is 31.3 Å². The van der Waals surface area contributed by atoms with E-state index in [4.69, 9.17) is 39.4 Å². The standard InChI is InChI=1S/C23H20ClN3O.C22H18ClN3O/c1-28-18-11-9-16(10-12-18)21-13-14-22(19-6-2-3-7-20(19)24)27(21)15-17-5-4-8-23(25)26-17;23-19-6-2-1-5-18(19)21-13-12-20(15-8-10-17(27)11-9-15)26(21)14-16-4-3-7-22(24)25-16/h2-14H,15H2,1H3,(H2,25,26);1-13,27H,14H2,(H2,24,25). The number of ether oxygens (including phenoxy) is 1. The minimum Gasteiger partial charge on any atom is -0.508 e. The average Bonchev–Trinajstić information content (AvgIpc) is 3.80. The summed E-state index contributed by atoms with van der Waals surface area (Å²) in [5, 5.41) is 11.0. The number of nitrogens with zero attached hydrogens (tertiary/aromatic N) is 4. The van der Waals surface area contributed by atoms with Gasteiger partial charge in [0.2, 0.25) is 0 Å². The number of anilines is 2. The number of aromatic nitrogens is 4. The smallest absolute Gasteiger partial charge is 0.123 e. The van der Waals surface area contributed by atoms with Gasteiger partial charge < -0.3 is 30.4 Å². The Morgan fingerprint density at radius 1 is 0.509 bits per heavy atom. The lowest BCUT2D eigenvalue weighted by Gasteiger charge is -2.15. The highest BCUT2D eigenvalue weighted by molar-refractivity contribution is 6.33. The number of aromatic hydroxyl groups is 1. The van der Waals surface area contributed by atoms with Gasteiger partial charge in [0.15, 0.2) is 0 Å². The average molecular weight is 766 g/mol. The molecule has 0 aliphatic heterocycles. The molecule has 8 rings (SSSR count). The summed E-state index contributed by atoms with van der Waals surface area (Å²) in [6, 6.07) is 50.4. The molecule has 0 saturated carbocycles. The Hall–Kier alpha value is -6.48. The summed E-state index contributed by atoms with van der Waals surface area (Å²) in [7, 11) is 1.67. The second-order valence-corrected chi connectivity index (χ2v) is 13.5. The zero-order valence-corrected chi connectivity index (χ0v) is 31.5. The molecule has 274 valence electrons. The lowest BCUT2D eigenvalue weighted by Crippen LogP contribution is -2.06. The molecule has 0 saturated heterocycles. The van der Waals surface area contributed by atoms with Gasteiger partial charge in [0, 0.05) is 32.6 Å². The first kappa shape index (κ1) is 36.9. The molecule has 8 nitrogen and oxygen atoms in total. The number of pyridine rings is 2. The van der Waals surface area contributed by atoms with Crippen LogP contribution in [0.4, 0.5) is 11.6 Å². The Kier molecular flexibility index (Phi) is 11.2. The van der Waals surface area contributed by atoms with Gasteiger partial charge in [0.1, 0.15) is 23.1 Å². The number of nitrogens with two attached hydrogens (primary N) is 2. The molecular weight excluding hydrogens is 727 g/mol. The maximum Gasteiger partial charge on any atom is 0.123 e. The third-order valence-corrected chi connectivity index (χ3v) is 9.77. The van der Waals surface area contributed by atoms with Crippen LogP contribution in [0, 0.1) is 0 Å². The van der Waals surface area contributed by atoms with Gasteiger partial charge in [-0.3, -0.25) is 0 Å². The Bertz CT molecular complexity index is 2550. The summed E-state index contributed by atoms with van der Waals surface area (Å²) in [4.78, 5) is 8.91. The number of halogens is 2. The molecule has 0 aliphatic carbocycles. The van der Waals surface area contributed by atoms with Crippen molar-refractivity contribution in [2.75, 3.05) is 18.6 Å². The molecule has 4 aromatic carbocycles. The molecule has 0 aliphatic rings. The monoisotopic (exact) mass is 764 g/mol. The summed E-state index contributed by atoms with van der Waals surface area (Å²) in [5.74, 6) is 2.06. The third kappa shape index (κ3) is 8.52. The van der Waals surface area contributed by atoms with Gasteiger partial charge in [-0.2, -0.15) is 0 Å². The minimum absolute atomic E-state index is 0.237. The molecule has 0 unspecified atom stereocenters. The van der Waals surface area contributed by atoms with Crippen molar-refractivity contribution in [3.8, 4) is 56.5 Å². The molecule has 0 fully saturated rings. The second-order valence-electron chi connectivity index (χ2n) is 12.7. The molecule has 4 aromatic heterocycles. The lowest BCUT2D eigenvalue weighted by molar-refractivity contribution is 0.415. The quantitative estimate of drug-likeness (QED) is 0.135. The Balaban J connectivity index is 0.000000169. The number of rotatable bonds is 9. The van der Waals surface area contributed by atoms with E-state index < -0.39 is 0 Å². The van der Waals surface area contributed by atoms with E-state index in [0.717, 1.165) is 62.2 Å². The summed E-state index contributed by atoms with van der Waals surface area (Å²) in [6.45, 7) is 1.13. The van der Waals surface area contributed by atoms with Crippen LogP contribution >= 0.6 is 23.2 Å². The molecule has 0 amide bonds. The number of hydrogen-bond donors (Lipinski definition) is 3. The molecule has 0 atom stereocenters. The van der Waals surface area contributed by atoms with Crippen LogP contribution in [0.15, 0.2) is 158 Å². The van der Waals surface area contributed by atoms with E-state index in [2.05, 4.69) is 43.4 Å². The van der Waals surface area contributed by atoms with Crippen LogP contribution in [0.1, 0.15) is 11.4 Å². The van der Waals surface area contributed by atoms with E-state index in [-0.39, 0.29) is 5.75 Å². The Morgan fingerprint density at radius 3 is 1.35 bits per heavy atom. The van der Waals surface area contributed by atoms with E-state index in [1.165, 1.54) is 0 Å². The van der Waals surface area contributed by atoms with Crippen molar-refractivity contribution >= 4 is 34.8 Å². The Morgan fingerprint density at radius 2 is 0.927 bits per heavy atom. The normalized spacial score (nSPS) is 10.8.